The van der Waals surface area contributed by atoms with Crippen molar-refractivity contribution in [2.75, 3.05) is 19.2 Å². The highest BCUT2D eigenvalue weighted by atomic mass is 32.1. The van der Waals surface area contributed by atoms with Crippen LogP contribution < -0.4 is 20.1 Å². The highest BCUT2D eigenvalue weighted by Gasteiger charge is 2.13. The largest absolute Gasteiger partial charge is 0.465 e. The first kappa shape index (κ1) is 17.5. The molecule has 7 nitrogen and oxygen atoms in total. The Morgan fingerprint density at radius 3 is 2.96 bits per heavy atom. The Bertz CT molecular complexity index is 1030. The van der Waals surface area contributed by atoms with Crippen LogP contribution in [0.5, 0.6) is 11.5 Å². The maximum atomic E-state index is 11.6. The van der Waals surface area contributed by atoms with E-state index in [1.54, 1.807) is 18.2 Å². The van der Waals surface area contributed by atoms with Crippen molar-refractivity contribution in [3.05, 3.63) is 47.5 Å². The van der Waals surface area contributed by atoms with Crippen LogP contribution in [0.3, 0.4) is 0 Å². The molecule has 0 atom stereocenters. The molecule has 3 aromatic rings. The van der Waals surface area contributed by atoms with Crippen LogP contribution in [0.25, 0.3) is 10.2 Å². The second kappa shape index (κ2) is 7.37. The average molecular weight is 401 g/mol. The number of carbonyl (C=O) groups is 1. The average Bonchev–Trinajstić information content (AvgIpc) is 3.30. The van der Waals surface area contributed by atoms with Gasteiger partial charge in [-0.15, -0.1) is 0 Å². The number of nitrogens with one attached hydrogen (secondary N) is 2. The molecule has 0 unspecified atom stereocenters. The van der Waals surface area contributed by atoms with E-state index < -0.39 is 0 Å². The third-order valence-electron chi connectivity index (χ3n) is 3.92. The number of aromatic nitrogens is 1. The summed E-state index contributed by atoms with van der Waals surface area (Å²) in [5.41, 5.74) is 2.30. The highest BCUT2D eigenvalue weighted by Crippen LogP contribution is 2.32. The van der Waals surface area contributed by atoms with Gasteiger partial charge in [0.05, 0.1) is 22.9 Å². The Morgan fingerprint density at radius 2 is 2.11 bits per heavy atom. The molecule has 1 aliphatic heterocycles. The lowest BCUT2D eigenvalue weighted by Gasteiger charge is -2.08. The molecule has 9 heteroatoms. The number of rotatable bonds is 4. The molecule has 0 aliphatic carbocycles. The second-order valence-corrected chi connectivity index (χ2v) is 7.13. The molecule has 1 aromatic heterocycles. The Balaban J connectivity index is 1.39. The maximum absolute atomic E-state index is 11.6. The number of ether oxygens (including phenoxy) is 3. The van der Waals surface area contributed by atoms with E-state index in [4.69, 9.17) is 26.4 Å². The predicted octanol–water partition coefficient (Wildman–Crippen LogP) is 3.30. The first-order chi connectivity index (χ1) is 13.1. The molecular weight excluding hydrogens is 386 g/mol. The molecule has 0 radical (unpaired) electrons. The van der Waals surface area contributed by atoms with E-state index in [0.29, 0.717) is 22.4 Å². The zero-order valence-electron chi connectivity index (χ0n) is 14.3. The van der Waals surface area contributed by atoms with Gasteiger partial charge in [0, 0.05) is 6.54 Å². The van der Waals surface area contributed by atoms with E-state index in [9.17, 15) is 4.79 Å². The molecule has 0 spiro atoms. The normalized spacial score (nSPS) is 12.0. The Kier molecular flexibility index (Phi) is 4.78. The zero-order valence-corrected chi connectivity index (χ0v) is 15.9. The van der Waals surface area contributed by atoms with Crippen molar-refractivity contribution in [2.45, 2.75) is 6.54 Å². The summed E-state index contributed by atoms with van der Waals surface area (Å²) in [7, 11) is 1.36. The molecule has 1 aliphatic rings. The number of thiazole rings is 1. The van der Waals surface area contributed by atoms with Gasteiger partial charge in [0.1, 0.15) is 0 Å². The van der Waals surface area contributed by atoms with Crippen LogP contribution in [0.1, 0.15) is 15.9 Å². The van der Waals surface area contributed by atoms with Crippen LogP contribution >= 0.6 is 23.6 Å². The summed E-state index contributed by atoms with van der Waals surface area (Å²) >= 11 is 6.75. The summed E-state index contributed by atoms with van der Waals surface area (Å²) in [6.07, 6.45) is 0. The number of benzene rings is 2. The van der Waals surface area contributed by atoms with Crippen LogP contribution in [0.15, 0.2) is 36.4 Å². The smallest absolute Gasteiger partial charge is 0.337 e. The summed E-state index contributed by atoms with van der Waals surface area (Å²) in [6.45, 7) is 0.793. The third kappa shape index (κ3) is 3.79. The summed E-state index contributed by atoms with van der Waals surface area (Å²) in [5, 5.41) is 7.32. The zero-order chi connectivity index (χ0) is 18.8. The maximum Gasteiger partial charge on any atom is 0.337 e. The second-order valence-electron chi connectivity index (χ2n) is 5.69. The van der Waals surface area contributed by atoms with Crippen LogP contribution in [0.4, 0.5) is 5.13 Å². The Morgan fingerprint density at radius 1 is 1.26 bits per heavy atom. The van der Waals surface area contributed by atoms with Crippen molar-refractivity contribution in [1.82, 2.24) is 10.3 Å². The van der Waals surface area contributed by atoms with Gasteiger partial charge in [-0.25, -0.2) is 9.78 Å². The molecule has 138 valence electrons. The standard InChI is InChI=1S/C18H15N3O4S2/c1-23-16(22)11-3-4-12-15(7-11)27-18(20-12)21-17(26)19-8-10-2-5-13-14(6-10)25-9-24-13/h2-7H,8-9H2,1H3,(H2,19,20,21,26). The van der Waals surface area contributed by atoms with Crippen LogP contribution in [-0.2, 0) is 11.3 Å². The predicted molar refractivity (Wildman–Crippen MR) is 107 cm³/mol. The number of thiocarbonyl (C=S) groups is 1. The first-order valence-electron chi connectivity index (χ1n) is 8.04. The summed E-state index contributed by atoms with van der Waals surface area (Å²) < 4.78 is 16.3. The minimum atomic E-state index is -0.374. The molecule has 0 fully saturated rings. The lowest BCUT2D eigenvalue weighted by Crippen LogP contribution is -2.27. The van der Waals surface area contributed by atoms with Crippen molar-refractivity contribution in [3.8, 4) is 11.5 Å². The van der Waals surface area contributed by atoms with E-state index >= 15 is 0 Å². The van der Waals surface area contributed by atoms with Crippen molar-refractivity contribution >= 4 is 50.0 Å². The summed E-state index contributed by atoms with van der Waals surface area (Å²) in [4.78, 5) is 16.1. The van der Waals surface area contributed by atoms with Crippen molar-refractivity contribution < 1.29 is 19.0 Å². The fourth-order valence-corrected chi connectivity index (χ4v) is 3.74. The number of nitrogens with zero attached hydrogens (tertiary/aromatic N) is 1. The molecular formula is C18H15N3O4S2. The molecule has 2 aromatic carbocycles. The van der Waals surface area contributed by atoms with E-state index in [1.165, 1.54) is 18.4 Å². The highest BCUT2D eigenvalue weighted by molar-refractivity contribution is 7.80. The minimum Gasteiger partial charge on any atom is -0.465 e. The monoisotopic (exact) mass is 401 g/mol. The SMILES string of the molecule is COC(=O)c1ccc2nc(NC(=S)NCc3ccc4c(c3)OCO4)sc2c1. The third-order valence-corrected chi connectivity index (χ3v) is 5.10. The van der Waals surface area contributed by atoms with E-state index in [-0.39, 0.29) is 12.8 Å². The van der Waals surface area contributed by atoms with Gasteiger partial charge in [-0.3, -0.25) is 0 Å². The van der Waals surface area contributed by atoms with Crippen LogP contribution in [0, 0.1) is 0 Å². The molecule has 0 saturated carbocycles. The minimum absolute atomic E-state index is 0.251. The van der Waals surface area contributed by atoms with Gasteiger partial charge in [0.2, 0.25) is 6.79 Å². The lowest BCUT2D eigenvalue weighted by atomic mass is 10.2. The summed E-state index contributed by atoms with van der Waals surface area (Å²) in [5.74, 6) is 1.11. The topological polar surface area (TPSA) is 81.7 Å². The number of anilines is 1. The molecule has 4 rings (SSSR count). The number of hydrogen-bond acceptors (Lipinski definition) is 7. The van der Waals surface area contributed by atoms with Gasteiger partial charge < -0.3 is 24.8 Å². The molecule has 0 bridgehead atoms. The van der Waals surface area contributed by atoms with E-state index in [1.807, 2.05) is 18.2 Å². The Labute approximate surface area is 164 Å². The van der Waals surface area contributed by atoms with Crippen molar-refractivity contribution in [1.29, 1.82) is 0 Å². The molecule has 2 heterocycles. The number of fused-ring (bicyclic) bond motifs is 2. The van der Waals surface area contributed by atoms with Gasteiger partial charge in [0.25, 0.3) is 0 Å². The first-order valence-corrected chi connectivity index (χ1v) is 9.27. The lowest BCUT2D eigenvalue weighted by molar-refractivity contribution is 0.0601. The number of methoxy groups -OCH3 is 1. The molecule has 2 N–H and O–H groups in total. The Hall–Kier alpha value is -2.91. The van der Waals surface area contributed by atoms with Gasteiger partial charge >= 0.3 is 5.97 Å². The van der Waals surface area contributed by atoms with Gasteiger partial charge in [0.15, 0.2) is 21.7 Å². The number of hydrogen-bond donors (Lipinski definition) is 2. The fraction of sp³-hybridized carbons (Fsp3) is 0.167. The van der Waals surface area contributed by atoms with Gasteiger partial charge in [-0.05, 0) is 48.1 Å². The molecule has 0 saturated heterocycles. The van der Waals surface area contributed by atoms with E-state index in [2.05, 4.69) is 15.6 Å². The molecule has 27 heavy (non-hydrogen) atoms. The van der Waals surface area contributed by atoms with Crippen LogP contribution in [-0.4, -0.2) is 30.0 Å². The van der Waals surface area contributed by atoms with E-state index in [0.717, 1.165) is 27.3 Å². The quantitative estimate of drug-likeness (QED) is 0.509. The summed E-state index contributed by atoms with van der Waals surface area (Å²) in [6, 6.07) is 11.0. The van der Waals surface area contributed by atoms with Crippen LogP contribution in [0.2, 0.25) is 0 Å². The fourth-order valence-electron chi connectivity index (χ4n) is 2.60. The van der Waals surface area contributed by atoms with Crippen molar-refractivity contribution in [3.63, 3.8) is 0 Å². The van der Waals surface area contributed by atoms with Gasteiger partial charge in [-0.1, -0.05) is 17.4 Å². The van der Waals surface area contributed by atoms with Gasteiger partial charge in [-0.2, -0.15) is 0 Å². The van der Waals surface area contributed by atoms with Crippen molar-refractivity contribution in [2.24, 2.45) is 0 Å². The number of esters is 1. The molecule has 0 amide bonds. The number of carbonyl (C=O) groups excluding carboxylic acids is 1.